The Morgan fingerprint density at radius 1 is 0.562 bits per heavy atom. The van der Waals surface area contributed by atoms with Crippen molar-refractivity contribution >= 4 is 5.97 Å². The van der Waals surface area contributed by atoms with Gasteiger partial charge in [0.15, 0.2) is 0 Å². The first-order chi connectivity index (χ1) is 22.5. The van der Waals surface area contributed by atoms with Gasteiger partial charge in [-0.05, 0) is 38.0 Å². The van der Waals surface area contributed by atoms with E-state index in [2.05, 4.69) is 0 Å². The summed E-state index contributed by atoms with van der Waals surface area (Å²) >= 11 is 0. The molecule has 1 aliphatic heterocycles. The van der Waals surface area contributed by atoms with Crippen molar-refractivity contribution < 1.29 is 60.6 Å². The van der Waals surface area contributed by atoms with Crippen LogP contribution in [-0.4, -0.2) is 124 Å². The number of aliphatic hydroxyl groups excluding tert-OH is 10. The number of aliphatic hydroxyl groups is 10. The number of carbonyl (C=O) groups is 1. The molecule has 1 aliphatic rings. The minimum Gasteiger partial charge on any atom is -0.458 e. The molecule has 0 radical (unpaired) electrons. The van der Waals surface area contributed by atoms with Crippen molar-refractivity contribution in [2.75, 3.05) is 0 Å². The minimum atomic E-state index is -1.33. The molecule has 0 saturated heterocycles. The molecule has 0 saturated carbocycles. The molecule has 0 aromatic carbocycles. The third kappa shape index (κ3) is 18.5. The largest absolute Gasteiger partial charge is 0.458 e. The fraction of sp³-hybridized carbons (Fsp3) is 0.694. The Kier molecular flexibility index (Phi) is 21.2. The lowest BCUT2D eigenvalue weighted by Gasteiger charge is -2.28. The summed E-state index contributed by atoms with van der Waals surface area (Å²) in [5, 5.41) is 104. The molecule has 0 unspecified atom stereocenters. The monoisotopic (exact) mass is 684 g/mol. The molecule has 0 amide bonds. The fourth-order valence-corrected chi connectivity index (χ4v) is 5.58. The Labute approximate surface area is 284 Å². The number of cyclic esters (lactones) is 1. The van der Waals surface area contributed by atoms with Gasteiger partial charge in [-0.1, -0.05) is 82.4 Å². The predicted octanol–water partition coefficient (Wildman–Crippen LogP) is 0.961. The van der Waals surface area contributed by atoms with Crippen molar-refractivity contribution in [3.05, 3.63) is 60.8 Å². The highest BCUT2D eigenvalue weighted by Gasteiger charge is 2.29. The third-order valence-electron chi connectivity index (χ3n) is 8.46. The van der Waals surface area contributed by atoms with E-state index in [4.69, 9.17) is 4.74 Å². The Morgan fingerprint density at radius 2 is 1.02 bits per heavy atom. The molecule has 48 heavy (non-hydrogen) atoms. The second-order valence-electron chi connectivity index (χ2n) is 13.4. The Morgan fingerprint density at radius 3 is 1.56 bits per heavy atom. The standard InChI is InChI=1S/C36H60O12/c1-22(2)36-23(3)13-14-25(37)15-26(38)16-27(39)17-28(40)18-29(41)19-30(42)20-32(44)24(4)33(45)21-34(46)31(43)11-9-7-5-6-8-10-12-35(47)48-36/h5-14,22-34,36-46H,15-21H2,1-4H3/t23-,24+,25-,26-,27+,28-,29+,30+,31+,32+,33-,34-,36-/m0/s1. The summed E-state index contributed by atoms with van der Waals surface area (Å²) in [5.41, 5.74) is 0. The normalized spacial score (nSPS) is 38.6. The number of ether oxygens (including phenoxy) is 1. The number of hydrogen-bond acceptors (Lipinski definition) is 12. The van der Waals surface area contributed by atoms with E-state index >= 15 is 0 Å². The average Bonchev–Trinajstić information content (AvgIpc) is 2.97. The SMILES string of the molecule is CC(C)[C@@H]1OC(=O)C=CC=CC=CC=C[C@@H](O)[C@@H](O)C[C@H](O)[C@H](C)[C@H](O)C[C@H](O)C[C@H](O)C[C@@H](O)C[C@H](O)C[C@@H](O)C[C@@H](O)C=C[C@@H]1C. The van der Waals surface area contributed by atoms with Crippen molar-refractivity contribution in [3.63, 3.8) is 0 Å². The third-order valence-corrected chi connectivity index (χ3v) is 8.46. The topological polar surface area (TPSA) is 229 Å². The Hall–Kier alpha value is -2.23. The van der Waals surface area contributed by atoms with E-state index in [0.717, 1.165) is 0 Å². The highest BCUT2D eigenvalue weighted by molar-refractivity contribution is 5.82. The van der Waals surface area contributed by atoms with E-state index in [-0.39, 0.29) is 56.8 Å². The van der Waals surface area contributed by atoms with Crippen LogP contribution in [0.1, 0.15) is 72.6 Å². The smallest absolute Gasteiger partial charge is 0.331 e. The number of allylic oxidation sites excluding steroid dienone is 6. The van der Waals surface area contributed by atoms with Crippen LogP contribution in [0, 0.1) is 17.8 Å². The fourth-order valence-electron chi connectivity index (χ4n) is 5.58. The van der Waals surface area contributed by atoms with E-state index in [9.17, 15) is 55.9 Å². The van der Waals surface area contributed by atoms with E-state index in [1.54, 1.807) is 30.4 Å². The molecule has 0 fully saturated rings. The van der Waals surface area contributed by atoms with Crippen LogP contribution in [0.25, 0.3) is 0 Å². The quantitative estimate of drug-likeness (QED) is 0.138. The second kappa shape index (κ2) is 23.2. The van der Waals surface area contributed by atoms with Crippen LogP contribution in [0.2, 0.25) is 0 Å². The summed E-state index contributed by atoms with van der Waals surface area (Å²) < 4.78 is 5.63. The predicted molar refractivity (Wildman–Crippen MR) is 181 cm³/mol. The van der Waals surface area contributed by atoms with Crippen LogP contribution < -0.4 is 0 Å². The van der Waals surface area contributed by atoms with Gasteiger partial charge in [0.05, 0.1) is 61.0 Å². The molecule has 13 atom stereocenters. The highest BCUT2D eigenvalue weighted by Crippen LogP contribution is 2.22. The molecule has 0 aromatic heterocycles. The summed E-state index contributed by atoms with van der Waals surface area (Å²) in [7, 11) is 0. The lowest BCUT2D eigenvalue weighted by atomic mass is 9.88. The van der Waals surface area contributed by atoms with Gasteiger partial charge in [-0.25, -0.2) is 4.79 Å². The Bertz CT molecular complexity index is 1040. The van der Waals surface area contributed by atoms with Crippen LogP contribution in [0.3, 0.4) is 0 Å². The van der Waals surface area contributed by atoms with Gasteiger partial charge in [0, 0.05) is 30.8 Å². The minimum absolute atomic E-state index is 0.0340. The summed E-state index contributed by atoms with van der Waals surface area (Å²) in [6, 6.07) is 0. The molecule has 10 N–H and O–H groups in total. The van der Waals surface area contributed by atoms with Gasteiger partial charge in [-0.2, -0.15) is 0 Å². The zero-order valence-electron chi connectivity index (χ0n) is 28.6. The molecular formula is C36H60O12. The first-order valence-corrected chi connectivity index (χ1v) is 16.9. The van der Waals surface area contributed by atoms with Crippen molar-refractivity contribution in [1.82, 2.24) is 0 Å². The van der Waals surface area contributed by atoms with Crippen LogP contribution in [-0.2, 0) is 9.53 Å². The molecule has 12 nitrogen and oxygen atoms in total. The van der Waals surface area contributed by atoms with E-state index in [1.165, 1.54) is 37.3 Å². The van der Waals surface area contributed by atoms with Crippen LogP contribution in [0.15, 0.2) is 60.8 Å². The lowest BCUT2D eigenvalue weighted by Crippen LogP contribution is -2.37. The molecule has 0 spiro atoms. The zero-order chi connectivity index (χ0) is 36.4. The van der Waals surface area contributed by atoms with Crippen LogP contribution in [0.5, 0.6) is 0 Å². The zero-order valence-corrected chi connectivity index (χ0v) is 28.6. The molecule has 1 rings (SSSR count). The summed E-state index contributed by atoms with van der Waals surface area (Å²) in [5.74, 6) is -1.63. The second-order valence-corrected chi connectivity index (χ2v) is 13.4. The van der Waals surface area contributed by atoms with E-state index in [0.29, 0.717) is 0 Å². The van der Waals surface area contributed by atoms with Gasteiger partial charge in [0.2, 0.25) is 0 Å². The highest BCUT2D eigenvalue weighted by atomic mass is 16.5. The molecular weight excluding hydrogens is 624 g/mol. The van der Waals surface area contributed by atoms with Gasteiger partial charge in [0.25, 0.3) is 0 Å². The maximum absolute atomic E-state index is 12.4. The maximum Gasteiger partial charge on any atom is 0.331 e. The van der Waals surface area contributed by atoms with Crippen LogP contribution in [0.4, 0.5) is 0 Å². The van der Waals surface area contributed by atoms with Gasteiger partial charge in [0.1, 0.15) is 6.10 Å². The maximum atomic E-state index is 12.4. The van der Waals surface area contributed by atoms with Crippen molar-refractivity contribution in [1.29, 1.82) is 0 Å². The van der Waals surface area contributed by atoms with Crippen molar-refractivity contribution in [2.24, 2.45) is 17.8 Å². The Balaban J connectivity index is 3.04. The first kappa shape index (κ1) is 43.8. The van der Waals surface area contributed by atoms with Gasteiger partial charge >= 0.3 is 5.97 Å². The molecule has 0 aromatic rings. The van der Waals surface area contributed by atoms with E-state index < -0.39 is 79.0 Å². The summed E-state index contributed by atoms with van der Waals surface area (Å²) in [6.45, 7) is 7.17. The average molecular weight is 685 g/mol. The number of hydrogen-bond donors (Lipinski definition) is 10. The number of rotatable bonds is 1. The molecule has 1 heterocycles. The van der Waals surface area contributed by atoms with Gasteiger partial charge in [-0.15, -0.1) is 0 Å². The summed E-state index contributed by atoms with van der Waals surface area (Å²) in [4.78, 5) is 12.4. The van der Waals surface area contributed by atoms with Gasteiger partial charge in [-0.3, -0.25) is 0 Å². The first-order valence-electron chi connectivity index (χ1n) is 16.9. The molecule has 0 aliphatic carbocycles. The lowest BCUT2D eigenvalue weighted by molar-refractivity contribution is -0.147. The number of esters is 1. The summed E-state index contributed by atoms with van der Waals surface area (Å²) in [6.07, 6.45) is 1.83. The van der Waals surface area contributed by atoms with Crippen LogP contribution >= 0.6 is 0 Å². The number of carbonyl (C=O) groups excluding carboxylic acids is 1. The molecule has 276 valence electrons. The van der Waals surface area contributed by atoms with Crippen molar-refractivity contribution in [3.8, 4) is 0 Å². The van der Waals surface area contributed by atoms with E-state index in [1.807, 2.05) is 20.8 Å². The van der Waals surface area contributed by atoms with Gasteiger partial charge < -0.3 is 55.8 Å². The molecule has 0 bridgehead atoms. The van der Waals surface area contributed by atoms with Crippen molar-refractivity contribution in [2.45, 2.75) is 140 Å². The molecule has 12 heteroatoms.